The second kappa shape index (κ2) is 14.8. The van der Waals surface area contributed by atoms with Gasteiger partial charge >= 0.3 is 0 Å². The molecular weight excluding hydrogens is 670 g/mol. The summed E-state index contributed by atoms with van der Waals surface area (Å²) in [6.45, 7) is 3.09. The van der Waals surface area contributed by atoms with Crippen molar-refractivity contribution >= 4 is 46.1 Å². The van der Waals surface area contributed by atoms with Gasteiger partial charge in [-0.15, -0.1) is 5.10 Å². The van der Waals surface area contributed by atoms with Crippen LogP contribution in [-0.2, 0) is 6.61 Å². The summed E-state index contributed by atoms with van der Waals surface area (Å²) >= 11 is 7.29. The average Bonchev–Trinajstić information content (AvgIpc) is 3.84. The Morgan fingerprint density at radius 1 is 0.880 bits per heavy atom. The molecule has 7 aromatic rings. The fourth-order valence-electron chi connectivity index (χ4n) is 5.24. The van der Waals surface area contributed by atoms with E-state index in [1.54, 1.807) is 13.2 Å². The number of thiazole rings is 1. The largest absolute Gasteiger partial charge is 0.493 e. The molecule has 0 atom stereocenters. The summed E-state index contributed by atoms with van der Waals surface area (Å²) in [4.78, 5) is 18.6. The van der Waals surface area contributed by atoms with E-state index in [2.05, 4.69) is 17.0 Å². The molecule has 0 unspecified atom stereocenters. The van der Waals surface area contributed by atoms with Crippen molar-refractivity contribution in [3.8, 4) is 34.2 Å². The van der Waals surface area contributed by atoms with Gasteiger partial charge < -0.3 is 14.2 Å². The molecule has 0 saturated heterocycles. The van der Waals surface area contributed by atoms with Crippen molar-refractivity contribution < 1.29 is 14.2 Å². The van der Waals surface area contributed by atoms with Crippen molar-refractivity contribution in [2.75, 3.05) is 13.7 Å². The molecule has 0 saturated carbocycles. The monoisotopic (exact) mass is 701 g/mol. The lowest BCUT2D eigenvalue weighted by Crippen LogP contribution is -2.23. The van der Waals surface area contributed by atoms with Crippen molar-refractivity contribution in [3.05, 3.63) is 146 Å². The maximum atomic E-state index is 13.5. The Hall–Kier alpha value is -5.71. The minimum atomic E-state index is -0.249. The highest BCUT2D eigenvalue weighted by Crippen LogP contribution is 2.29. The maximum Gasteiger partial charge on any atom is 0.291 e. The molecule has 250 valence electrons. The molecule has 0 aliphatic rings. The van der Waals surface area contributed by atoms with Gasteiger partial charge in [0.15, 0.2) is 17.3 Å². The van der Waals surface area contributed by atoms with Crippen molar-refractivity contribution in [1.82, 2.24) is 24.4 Å². The van der Waals surface area contributed by atoms with Crippen LogP contribution in [0, 0.1) is 0 Å². The van der Waals surface area contributed by atoms with Gasteiger partial charge in [-0.3, -0.25) is 4.79 Å². The molecule has 3 aromatic heterocycles. The van der Waals surface area contributed by atoms with Crippen LogP contribution in [-0.4, -0.2) is 38.1 Å². The molecule has 0 fully saturated rings. The van der Waals surface area contributed by atoms with E-state index >= 15 is 0 Å². The molecule has 0 aliphatic heterocycles. The molecule has 0 amide bonds. The smallest absolute Gasteiger partial charge is 0.291 e. The maximum absolute atomic E-state index is 13.5. The number of benzene rings is 4. The third-order valence-corrected chi connectivity index (χ3v) is 8.98. The minimum absolute atomic E-state index is 0.249. The summed E-state index contributed by atoms with van der Waals surface area (Å²) in [6.07, 6.45) is 8.33. The number of fused-ring (bicyclic) bond motifs is 1. The zero-order valence-electron chi connectivity index (χ0n) is 27.3. The van der Waals surface area contributed by atoms with Crippen LogP contribution in [0.15, 0.2) is 108 Å². The lowest BCUT2D eigenvalue weighted by atomic mass is 10.1. The Morgan fingerprint density at radius 2 is 1.68 bits per heavy atom. The molecule has 0 spiro atoms. The van der Waals surface area contributed by atoms with Crippen molar-refractivity contribution in [3.63, 3.8) is 0 Å². The highest BCUT2D eigenvalue weighted by atomic mass is 35.5. The molecule has 3 heterocycles. The molecule has 50 heavy (non-hydrogen) atoms. The predicted molar refractivity (Wildman–Crippen MR) is 198 cm³/mol. The number of para-hydroxylation sites is 1. The van der Waals surface area contributed by atoms with Gasteiger partial charge in [-0.2, -0.15) is 14.6 Å². The highest BCUT2D eigenvalue weighted by molar-refractivity contribution is 7.15. The van der Waals surface area contributed by atoms with E-state index in [-0.39, 0.29) is 5.56 Å². The summed E-state index contributed by atoms with van der Waals surface area (Å²) in [5.74, 6) is 2.50. The van der Waals surface area contributed by atoms with Gasteiger partial charge in [-0.05, 0) is 90.4 Å². The molecule has 9 nitrogen and oxygen atoms in total. The van der Waals surface area contributed by atoms with Gasteiger partial charge in [-0.25, -0.2) is 4.68 Å². The van der Waals surface area contributed by atoms with Crippen molar-refractivity contribution in [2.45, 2.75) is 20.0 Å². The third kappa shape index (κ3) is 7.31. The summed E-state index contributed by atoms with van der Waals surface area (Å²) in [7, 11) is 1.61. The van der Waals surface area contributed by atoms with E-state index in [0.717, 1.165) is 45.8 Å². The first-order valence-corrected chi connectivity index (χ1v) is 17.2. The number of ether oxygens (including phenoxy) is 3. The first-order chi connectivity index (χ1) is 24.5. The number of hydrogen-bond acceptors (Lipinski definition) is 8. The van der Waals surface area contributed by atoms with Crippen LogP contribution in [0.4, 0.5) is 0 Å². The molecular formula is C39H32ClN5O4S. The van der Waals surface area contributed by atoms with E-state index in [1.807, 2.05) is 120 Å². The lowest BCUT2D eigenvalue weighted by Gasteiger charge is -2.10. The van der Waals surface area contributed by atoms with E-state index in [1.165, 1.54) is 15.9 Å². The van der Waals surface area contributed by atoms with E-state index in [4.69, 9.17) is 30.9 Å². The van der Waals surface area contributed by atoms with Crippen molar-refractivity contribution in [1.29, 1.82) is 0 Å². The van der Waals surface area contributed by atoms with Crippen LogP contribution in [0.1, 0.15) is 35.9 Å². The van der Waals surface area contributed by atoms with E-state index in [0.29, 0.717) is 45.1 Å². The Bertz CT molecular complexity index is 2380. The first kappa shape index (κ1) is 32.8. The second-order valence-electron chi connectivity index (χ2n) is 11.3. The lowest BCUT2D eigenvalue weighted by molar-refractivity contribution is 0.294. The average molecular weight is 702 g/mol. The van der Waals surface area contributed by atoms with Crippen LogP contribution in [0.2, 0.25) is 5.02 Å². The van der Waals surface area contributed by atoms with Crippen LogP contribution in [0.3, 0.4) is 0 Å². The molecule has 7 rings (SSSR count). The second-order valence-corrected chi connectivity index (χ2v) is 12.8. The first-order valence-electron chi connectivity index (χ1n) is 16.0. The number of rotatable bonds is 12. The predicted octanol–water partition coefficient (Wildman–Crippen LogP) is 7.75. The van der Waals surface area contributed by atoms with Gasteiger partial charge in [-0.1, -0.05) is 72.3 Å². The van der Waals surface area contributed by atoms with E-state index < -0.39 is 0 Å². The number of halogens is 1. The Morgan fingerprint density at radius 3 is 2.42 bits per heavy atom. The van der Waals surface area contributed by atoms with Gasteiger partial charge in [0.05, 0.1) is 23.9 Å². The fourth-order valence-corrected chi connectivity index (χ4v) is 6.27. The molecule has 0 bridgehead atoms. The fraction of sp³-hybridized carbons (Fsp3) is 0.128. The number of nitrogens with zero attached hydrogens (tertiary/aromatic N) is 5. The number of methoxy groups -OCH3 is 1. The zero-order chi connectivity index (χ0) is 34.5. The van der Waals surface area contributed by atoms with Crippen LogP contribution in [0.5, 0.6) is 17.2 Å². The standard InChI is InChI=1S/C39H32ClN5O4S/c1-3-21-48-33-19-11-26(22-34(33)47-2)12-20-36-41-39-45(42-36)38(46)35(50-39)23-29-24-44(31-7-5-4-6-8-31)43-37(29)28-13-17-32(18-14-28)49-25-27-9-15-30(40)16-10-27/h4-20,22-24H,3,21,25H2,1-2H3/b20-12+,35-23-. The molecule has 0 radical (unpaired) electrons. The quantitative estimate of drug-likeness (QED) is 0.129. The van der Waals surface area contributed by atoms with Crippen LogP contribution in [0.25, 0.3) is 40.1 Å². The van der Waals surface area contributed by atoms with Gasteiger partial charge in [0, 0.05) is 22.3 Å². The summed E-state index contributed by atoms with van der Waals surface area (Å²) in [5.41, 5.74) is 4.95. The topological polar surface area (TPSA) is 92.8 Å². The summed E-state index contributed by atoms with van der Waals surface area (Å²) < 4.78 is 20.9. The Balaban J connectivity index is 1.16. The molecule has 4 aromatic carbocycles. The van der Waals surface area contributed by atoms with Crippen LogP contribution >= 0.6 is 22.9 Å². The van der Waals surface area contributed by atoms with Crippen LogP contribution < -0.4 is 24.3 Å². The number of hydrogen-bond donors (Lipinski definition) is 0. The van der Waals surface area contributed by atoms with E-state index in [9.17, 15) is 4.79 Å². The zero-order valence-corrected chi connectivity index (χ0v) is 28.9. The SMILES string of the molecule is CCCOc1ccc(/C=C/c2nc3s/c(=C\c4cn(-c5ccccc5)nc4-c4ccc(OCc5ccc(Cl)cc5)cc4)c(=O)n3n2)cc1OC. The van der Waals surface area contributed by atoms with Gasteiger partial charge in [0.1, 0.15) is 18.1 Å². The molecule has 0 N–H and O–H groups in total. The molecule has 11 heteroatoms. The Kier molecular flexibility index (Phi) is 9.72. The Labute approximate surface area is 297 Å². The van der Waals surface area contributed by atoms with Crippen molar-refractivity contribution in [2.24, 2.45) is 0 Å². The molecule has 0 aliphatic carbocycles. The summed E-state index contributed by atoms with van der Waals surface area (Å²) in [5, 5.41) is 10.1. The summed E-state index contributed by atoms with van der Waals surface area (Å²) in [6, 6.07) is 30.9. The normalized spacial score (nSPS) is 11.9. The van der Waals surface area contributed by atoms with Gasteiger partial charge in [0.25, 0.3) is 5.56 Å². The third-order valence-electron chi connectivity index (χ3n) is 7.77. The minimum Gasteiger partial charge on any atom is -0.493 e. The highest BCUT2D eigenvalue weighted by Gasteiger charge is 2.15. The van der Waals surface area contributed by atoms with Gasteiger partial charge in [0.2, 0.25) is 4.96 Å². The number of aromatic nitrogens is 5.